The SMILES string of the molecule is CNc1nc(Oc2cc(F)c(Cl)cc2Br)c(F)cc1F. The van der Waals surface area contributed by atoms with E-state index in [1.165, 1.54) is 13.1 Å². The molecule has 3 nitrogen and oxygen atoms in total. The van der Waals surface area contributed by atoms with Crippen LogP contribution in [0.5, 0.6) is 11.6 Å². The summed E-state index contributed by atoms with van der Waals surface area (Å²) in [7, 11) is 1.42. The largest absolute Gasteiger partial charge is 0.435 e. The maximum absolute atomic E-state index is 13.6. The molecule has 106 valence electrons. The van der Waals surface area contributed by atoms with Crippen molar-refractivity contribution in [2.75, 3.05) is 12.4 Å². The third-order valence-electron chi connectivity index (χ3n) is 2.32. The molecule has 0 spiro atoms. The average Bonchev–Trinajstić information content (AvgIpc) is 2.38. The molecule has 0 amide bonds. The third-order valence-corrected chi connectivity index (χ3v) is 3.22. The van der Waals surface area contributed by atoms with Gasteiger partial charge in [0.25, 0.3) is 5.88 Å². The minimum absolute atomic E-state index is 0.0352. The van der Waals surface area contributed by atoms with E-state index in [0.29, 0.717) is 10.5 Å². The summed E-state index contributed by atoms with van der Waals surface area (Å²) in [6.07, 6.45) is 0. The number of pyridine rings is 1. The first-order valence-corrected chi connectivity index (χ1v) is 6.45. The van der Waals surface area contributed by atoms with E-state index in [4.69, 9.17) is 16.3 Å². The second kappa shape index (κ2) is 5.88. The molecular formula is C12H7BrClF3N2O. The van der Waals surface area contributed by atoms with Crippen LogP contribution in [0, 0.1) is 17.5 Å². The Labute approximate surface area is 125 Å². The van der Waals surface area contributed by atoms with Crippen molar-refractivity contribution >= 4 is 33.3 Å². The number of ether oxygens (including phenoxy) is 1. The van der Waals surface area contributed by atoms with Crippen molar-refractivity contribution in [1.29, 1.82) is 0 Å². The number of nitrogens with zero attached hydrogens (tertiary/aromatic N) is 1. The fourth-order valence-electron chi connectivity index (χ4n) is 1.38. The molecule has 2 aromatic rings. The molecule has 0 atom stereocenters. The summed E-state index contributed by atoms with van der Waals surface area (Å²) >= 11 is 8.68. The van der Waals surface area contributed by atoms with Gasteiger partial charge in [-0.2, -0.15) is 4.98 Å². The van der Waals surface area contributed by atoms with Crippen LogP contribution in [0.4, 0.5) is 19.0 Å². The molecule has 0 fully saturated rings. The molecule has 8 heteroatoms. The van der Waals surface area contributed by atoms with Crippen LogP contribution in [0.15, 0.2) is 22.7 Å². The van der Waals surface area contributed by atoms with Crippen LogP contribution in [0.3, 0.4) is 0 Å². The topological polar surface area (TPSA) is 34.2 Å². The number of aromatic nitrogens is 1. The first kappa shape index (κ1) is 14.9. The summed E-state index contributed by atoms with van der Waals surface area (Å²) in [5.41, 5.74) is 0. The smallest absolute Gasteiger partial charge is 0.258 e. The first-order chi connectivity index (χ1) is 9.42. The zero-order chi connectivity index (χ0) is 14.9. The highest BCUT2D eigenvalue weighted by Gasteiger charge is 2.15. The molecule has 1 aromatic heterocycles. The number of nitrogens with one attached hydrogen (secondary N) is 1. The van der Waals surface area contributed by atoms with Crippen LogP contribution in [-0.4, -0.2) is 12.0 Å². The number of rotatable bonds is 3. The van der Waals surface area contributed by atoms with Crippen LogP contribution in [-0.2, 0) is 0 Å². The molecule has 0 unspecified atom stereocenters. The molecule has 1 aromatic carbocycles. The Balaban J connectivity index is 2.42. The monoisotopic (exact) mass is 366 g/mol. The summed E-state index contributed by atoms with van der Waals surface area (Å²) in [6.45, 7) is 0. The van der Waals surface area contributed by atoms with Gasteiger partial charge < -0.3 is 10.1 Å². The molecule has 0 saturated carbocycles. The highest BCUT2D eigenvalue weighted by Crippen LogP contribution is 2.34. The number of benzene rings is 1. The lowest BCUT2D eigenvalue weighted by molar-refractivity contribution is 0.413. The van der Waals surface area contributed by atoms with Gasteiger partial charge in [0.05, 0.1) is 9.50 Å². The fraction of sp³-hybridized carbons (Fsp3) is 0.0833. The average molecular weight is 368 g/mol. The predicted octanol–water partition coefficient (Wildman–Crippen LogP) is 4.75. The van der Waals surface area contributed by atoms with Gasteiger partial charge in [0.15, 0.2) is 17.5 Å². The van der Waals surface area contributed by atoms with Crippen molar-refractivity contribution in [2.45, 2.75) is 0 Å². The Kier molecular flexibility index (Phi) is 4.39. The van der Waals surface area contributed by atoms with Crippen LogP contribution in [0.1, 0.15) is 0 Å². The van der Waals surface area contributed by atoms with Gasteiger partial charge in [0.1, 0.15) is 11.6 Å². The molecule has 0 bridgehead atoms. The van der Waals surface area contributed by atoms with Crippen molar-refractivity contribution < 1.29 is 17.9 Å². The van der Waals surface area contributed by atoms with Crippen molar-refractivity contribution in [2.24, 2.45) is 0 Å². The van der Waals surface area contributed by atoms with Crippen molar-refractivity contribution in [1.82, 2.24) is 4.98 Å². The van der Waals surface area contributed by atoms with E-state index in [0.717, 1.165) is 6.07 Å². The maximum Gasteiger partial charge on any atom is 0.258 e. The Bertz CT molecular complexity index is 670. The third kappa shape index (κ3) is 2.99. The maximum atomic E-state index is 13.6. The van der Waals surface area contributed by atoms with Gasteiger partial charge in [-0.3, -0.25) is 0 Å². The van der Waals surface area contributed by atoms with E-state index in [1.807, 2.05) is 0 Å². The standard InChI is InChI=1S/C12H7BrClF3N2O/c1-18-11-8(16)3-9(17)12(19-11)20-10-4-7(15)6(14)2-5(10)13/h2-4H,1H3,(H,18,19). The van der Waals surface area contributed by atoms with Gasteiger partial charge in [0, 0.05) is 19.2 Å². The molecule has 2 rings (SSSR count). The predicted molar refractivity (Wildman–Crippen MR) is 72.9 cm³/mol. The van der Waals surface area contributed by atoms with E-state index < -0.39 is 23.3 Å². The Morgan fingerprint density at radius 1 is 1.15 bits per heavy atom. The van der Waals surface area contributed by atoms with Crippen LogP contribution < -0.4 is 10.1 Å². The van der Waals surface area contributed by atoms with Crippen molar-refractivity contribution in [3.05, 3.63) is 45.1 Å². The number of anilines is 1. The summed E-state index contributed by atoms with van der Waals surface area (Å²) in [6, 6.07) is 2.84. The lowest BCUT2D eigenvalue weighted by atomic mass is 10.3. The lowest BCUT2D eigenvalue weighted by Crippen LogP contribution is -2.01. The molecule has 0 aliphatic heterocycles. The second-order valence-corrected chi connectivity index (χ2v) is 4.92. The Morgan fingerprint density at radius 3 is 2.50 bits per heavy atom. The van der Waals surface area contributed by atoms with Crippen LogP contribution in [0.25, 0.3) is 0 Å². The van der Waals surface area contributed by atoms with E-state index in [2.05, 4.69) is 26.2 Å². The lowest BCUT2D eigenvalue weighted by Gasteiger charge is -2.10. The summed E-state index contributed by atoms with van der Waals surface area (Å²) in [4.78, 5) is 3.62. The zero-order valence-electron chi connectivity index (χ0n) is 9.98. The molecular weight excluding hydrogens is 360 g/mol. The number of hydrogen-bond donors (Lipinski definition) is 1. The molecule has 0 aliphatic rings. The molecule has 0 aliphatic carbocycles. The van der Waals surface area contributed by atoms with Gasteiger partial charge >= 0.3 is 0 Å². The van der Waals surface area contributed by atoms with Gasteiger partial charge in [-0.05, 0) is 22.0 Å². The molecule has 1 heterocycles. The second-order valence-electron chi connectivity index (χ2n) is 3.65. The highest BCUT2D eigenvalue weighted by molar-refractivity contribution is 9.10. The summed E-state index contributed by atoms with van der Waals surface area (Å²) in [5.74, 6) is -3.32. The molecule has 20 heavy (non-hydrogen) atoms. The zero-order valence-corrected chi connectivity index (χ0v) is 12.3. The number of hydrogen-bond acceptors (Lipinski definition) is 3. The molecule has 0 radical (unpaired) electrons. The van der Waals surface area contributed by atoms with Gasteiger partial charge in [-0.15, -0.1) is 0 Å². The molecule has 0 saturated heterocycles. The summed E-state index contributed by atoms with van der Waals surface area (Å²) < 4.78 is 45.6. The highest BCUT2D eigenvalue weighted by atomic mass is 79.9. The molecule has 1 N–H and O–H groups in total. The van der Waals surface area contributed by atoms with E-state index in [-0.39, 0.29) is 16.6 Å². The van der Waals surface area contributed by atoms with Gasteiger partial charge in [-0.25, -0.2) is 13.2 Å². The normalized spacial score (nSPS) is 10.5. The Morgan fingerprint density at radius 2 is 1.85 bits per heavy atom. The quantitative estimate of drug-likeness (QED) is 0.795. The van der Waals surface area contributed by atoms with Crippen LogP contribution >= 0.6 is 27.5 Å². The van der Waals surface area contributed by atoms with E-state index >= 15 is 0 Å². The Hall–Kier alpha value is -1.47. The number of halogens is 5. The van der Waals surface area contributed by atoms with Gasteiger partial charge in [-0.1, -0.05) is 11.6 Å². The van der Waals surface area contributed by atoms with E-state index in [9.17, 15) is 13.2 Å². The first-order valence-electron chi connectivity index (χ1n) is 5.28. The van der Waals surface area contributed by atoms with Gasteiger partial charge in [0.2, 0.25) is 0 Å². The fourth-order valence-corrected chi connectivity index (χ4v) is 2.10. The minimum Gasteiger partial charge on any atom is -0.435 e. The summed E-state index contributed by atoms with van der Waals surface area (Å²) in [5, 5.41) is 2.33. The van der Waals surface area contributed by atoms with E-state index in [1.54, 1.807) is 0 Å². The van der Waals surface area contributed by atoms with Crippen LogP contribution in [0.2, 0.25) is 5.02 Å². The van der Waals surface area contributed by atoms with Crippen molar-refractivity contribution in [3.63, 3.8) is 0 Å². The minimum atomic E-state index is -1.01. The van der Waals surface area contributed by atoms with Crippen molar-refractivity contribution in [3.8, 4) is 11.6 Å².